The number of aromatic nitrogens is 3. The largest absolute Gasteiger partial charge is 0.487 e. The quantitative estimate of drug-likeness (QED) is 0.473. The Morgan fingerprint density at radius 2 is 2.19 bits per heavy atom. The zero-order valence-corrected chi connectivity index (χ0v) is 18.3. The summed E-state index contributed by atoms with van der Waals surface area (Å²) in [6.07, 6.45) is 3.63. The number of hydrogen-bond donors (Lipinski definition) is 1. The topological polar surface area (TPSA) is 61.2 Å². The summed E-state index contributed by atoms with van der Waals surface area (Å²) < 4.78 is 27.7. The highest BCUT2D eigenvalue weighted by molar-refractivity contribution is 6.31. The zero-order chi connectivity index (χ0) is 22.1. The first-order valence-corrected chi connectivity index (χ1v) is 10.8. The summed E-state index contributed by atoms with van der Waals surface area (Å²) in [7, 11) is 0. The molecule has 1 fully saturated rings. The fraction of sp³-hybridized carbons (Fsp3) is 0.250. The van der Waals surface area contributed by atoms with Crippen LogP contribution in [0.15, 0.2) is 54.9 Å². The van der Waals surface area contributed by atoms with E-state index in [-0.39, 0.29) is 18.5 Å². The number of halogens is 2. The van der Waals surface area contributed by atoms with Gasteiger partial charge in [0.25, 0.3) is 0 Å². The van der Waals surface area contributed by atoms with Crippen LogP contribution in [0.2, 0.25) is 5.02 Å². The maximum atomic E-state index is 14.1. The van der Waals surface area contributed by atoms with Crippen molar-refractivity contribution in [3.8, 4) is 11.4 Å². The van der Waals surface area contributed by atoms with Crippen LogP contribution in [0.3, 0.4) is 0 Å². The van der Waals surface area contributed by atoms with E-state index in [1.165, 1.54) is 12.1 Å². The molecule has 164 valence electrons. The standard InChI is InChI=1S/C24H22ClFN4O2/c1-15-10-22(30-8-3-6-28-30)17-4-2-5-23(24(17)29-15)32-13-19-18(11-16(26)12-20(19)25)21-14-31-9-7-27-21/h2-6,8,10-12,21,27H,7,9,13-14H2,1H3. The number of morpholine rings is 1. The van der Waals surface area contributed by atoms with Crippen LogP contribution in [0.4, 0.5) is 4.39 Å². The number of rotatable bonds is 5. The molecule has 1 atom stereocenters. The lowest BCUT2D eigenvalue weighted by atomic mass is 10.00. The number of para-hydroxylation sites is 1. The Balaban J connectivity index is 1.51. The van der Waals surface area contributed by atoms with Crippen LogP contribution in [0.1, 0.15) is 22.9 Å². The van der Waals surface area contributed by atoms with Crippen molar-refractivity contribution in [2.45, 2.75) is 19.6 Å². The molecule has 0 spiro atoms. The molecular weight excluding hydrogens is 431 g/mol. The van der Waals surface area contributed by atoms with Crippen molar-refractivity contribution in [1.82, 2.24) is 20.1 Å². The van der Waals surface area contributed by atoms with Crippen molar-refractivity contribution in [2.75, 3.05) is 19.8 Å². The van der Waals surface area contributed by atoms with Gasteiger partial charge in [-0.25, -0.2) is 14.1 Å². The molecule has 1 unspecified atom stereocenters. The van der Waals surface area contributed by atoms with E-state index in [9.17, 15) is 4.39 Å². The van der Waals surface area contributed by atoms with E-state index in [4.69, 9.17) is 26.1 Å². The minimum Gasteiger partial charge on any atom is -0.487 e. The molecule has 5 rings (SSSR count). The smallest absolute Gasteiger partial charge is 0.146 e. The monoisotopic (exact) mass is 452 g/mol. The van der Waals surface area contributed by atoms with Gasteiger partial charge in [-0.1, -0.05) is 23.7 Å². The lowest BCUT2D eigenvalue weighted by molar-refractivity contribution is 0.0762. The second kappa shape index (κ2) is 8.86. The second-order valence-electron chi connectivity index (χ2n) is 7.71. The van der Waals surface area contributed by atoms with Gasteiger partial charge >= 0.3 is 0 Å². The normalized spacial score (nSPS) is 16.4. The zero-order valence-electron chi connectivity index (χ0n) is 17.5. The molecule has 2 aromatic carbocycles. The van der Waals surface area contributed by atoms with Crippen LogP contribution in [-0.2, 0) is 11.3 Å². The minimum absolute atomic E-state index is 0.144. The molecule has 0 radical (unpaired) electrons. The SMILES string of the molecule is Cc1cc(-n2cccn2)c2cccc(OCc3c(Cl)cc(F)cc3C3COCCN3)c2n1. The summed E-state index contributed by atoms with van der Waals surface area (Å²) in [6.45, 7) is 3.90. The Bertz CT molecular complexity index is 1260. The van der Waals surface area contributed by atoms with Crippen LogP contribution in [0.25, 0.3) is 16.6 Å². The van der Waals surface area contributed by atoms with E-state index >= 15 is 0 Å². The van der Waals surface area contributed by atoms with Crippen molar-refractivity contribution < 1.29 is 13.9 Å². The van der Waals surface area contributed by atoms with Crippen LogP contribution in [-0.4, -0.2) is 34.5 Å². The third kappa shape index (κ3) is 4.07. The first kappa shape index (κ1) is 20.9. The van der Waals surface area contributed by atoms with Gasteiger partial charge in [0.05, 0.1) is 30.0 Å². The fourth-order valence-electron chi connectivity index (χ4n) is 4.05. The van der Waals surface area contributed by atoms with Crippen molar-refractivity contribution in [3.05, 3.63) is 82.5 Å². The molecule has 6 nitrogen and oxygen atoms in total. The van der Waals surface area contributed by atoms with Gasteiger partial charge < -0.3 is 14.8 Å². The predicted molar refractivity (Wildman–Crippen MR) is 121 cm³/mol. The molecule has 1 saturated heterocycles. The number of nitrogens with one attached hydrogen (secondary N) is 1. The van der Waals surface area contributed by atoms with Crippen molar-refractivity contribution in [1.29, 1.82) is 0 Å². The highest BCUT2D eigenvalue weighted by Crippen LogP contribution is 2.32. The average molecular weight is 453 g/mol. The molecule has 2 aromatic heterocycles. The molecule has 0 bridgehead atoms. The summed E-state index contributed by atoms with van der Waals surface area (Å²) in [6, 6.07) is 12.3. The fourth-order valence-corrected chi connectivity index (χ4v) is 4.32. The number of aryl methyl sites for hydroxylation is 1. The molecule has 1 aliphatic heterocycles. The summed E-state index contributed by atoms with van der Waals surface area (Å²) in [5.74, 6) is 0.242. The van der Waals surface area contributed by atoms with Crippen molar-refractivity contribution >= 4 is 22.5 Å². The highest BCUT2D eigenvalue weighted by atomic mass is 35.5. The third-order valence-electron chi connectivity index (χ3n) is 5.52. The van der Waals surface area contributed by atoms with Crippen LogP contribution in [0.5, 0.6) is 5.75 Å². The lowest BCUT2D eigenvalue weighted by Gasteiger charge is -2.26. The van der Waals surface area contributed by atoms with Gasteiger partial charge in [0.2, 0.25) is 0 Å². The molecule has 0 aliphatic carbocycles. The van der Waals surface area contributed by atoms with Gasteiger partial charge in [-0.15, -0.1) is 0 Å². The van der Waals surface area contributed by atoms with Gasteiger partial charge in [0, 0.05) is 35.6 Å². The second-order valence-corrected chi connectivity index (χ2v) is 8.12. The van der Waals surface area contributed by atoms with E-state index in [0.717, 1.165) is 33.4 Å². The van der Waals surface area contributed by atoms with Gasteiger partial charge in [-0.2, -0.15) is 5.10 Å². The summed E-state index contributed by atoms with van der Waals surface area (Å²) in [5.41, 5.74) is 3.98. The van der Waals surface area contributed by atoms with Crippen LogP contribution < -0.4 is 10.1 Å². The maximum absolute atomic E-state index is 14.1. The molecule has 0 amide bonds. The number of ether oxygens (including phenoxy) is 2. The number of hydrogen-bond acceptors (Lipinski definition) is 5. The van der Waals surface area contributed by atoms with E-state index < -0.39 is 0 Å². The first-order chi connectivity index (χ1) is 15.6. The van der Waals surface area contributed by atoms with Crippen molar-refractivity contribution in [3.63, 3.8) is 0 Å². The Labute approximate surface area is 189 Å². The summed E-state index contributed by atoms with van der Waals surface area (Å²) in [4.78, 5) is 4.72. The van der Waals surface area contributed by atoms with Gasteiger partial charge in [-0.05, 0) is 42.8 Å². The lowest BCUT2D eigenvalue weighted by Crippen LogP contribution is -2.35. The molecular formula is C24H22ClFN4O2. The number of nitrogens with zero attached hydrogens (tertiary/aromatic N) is 3. The number of pyridine rings is 1. The van der Waals surface area contributed by atoms with Gasteiger partial charge in [0.1, 0.15) is 23.7 Å². The van der Waals surface area contributed by atoms with Crippen LogP contribution >= 0.6 is 11.6 Å². The molecule has 3 heterocycles. The average Bonchev–Trinajstić information content (AvgIpc) is 3.33. The number of fused-ring (bicyclic) bond motifs is 1. The van der Waals surface area contributed by atoms with E-state index in [2.05, 4.69) is 10.4 Å². The third-order valence-corrected chi connectivity index (χ3v) is 5.86. The summed E-state index contributed by atoms with van der Waals surface area (Å²) >= 11 is 6.44. The van der Waals surface area contributed by atoms with Gasteiger partial charge in [-0.3, -0.25) is 0 Å². The van der Waals surface area contributed by atoms with Crippen molar-refractivity contribution in [2.24, 2.45) is 0 Å². The molecule has 8 heteroatoms. The Hall–Kier alpha value is -3.00. The Morgan fingerprint density at radius 3 is 2.97 bits per heavy atom. The predicted octanol–water partition coefficient (Wildman–Crippen LogP) is 4.76. The molecule has 32 heavy (non-hydrogen) atoms. The van der Waals surface area contributed by atoms with Gasteiger partial charge in [0.15, 0.2) is 0 Å². The Morgan fingerprint density at radius 1 is 1.28 bits per heavy atom. The molecule has 0 saturated carbocycles. The van der Waals surface area contributed by atoms with E-state index in [1.807, 2.05) is 48.1 Å². The Kier molecular flexibility index (Phi) is 5.78. The minimum atomic E-state index is -0.382. The number of benzene rings is 2. The maximum Gasteiger partial charge on any atom is 0.146 e. The first-order valence-electron chi connectivity index (χ1n) is 10.4. The van der Waals surface area contributed by atoms with E-state index in [1.54, 1.807) is 6.20 Å². The molecule has 4 aromatic rings. The summed E-state index contributed by atoms with van der Waals surface area (Å²) in [5, 5.41) is 8.97. The van der Waals surface area contributed by atoms with Crippen LogP contribution in [0, 0.1) is 12.7 Å². The highest BCUT2D eigenvalue weighted by Gasteiger charge is 2.22. The molecule has 1 N–H and O–H groups in total. The van der Waals surface area contributed by atoms with E-state index in [0.29, 0.717) is 30.5 Å². The molecule has 1 aliphatic rings.